The number of aromatic nitrogens is 2. The molecule has 0 saturated carbocycles. The highest BCUT2D eigenvalue weighted by Crippen LogP contribution is 2.36. The molecule has 2 heterocycles. The molecule has 2 aromatic carbocycles. The minimum atomic E-state index is -0.298. The summed E-state index contributed by atoms with van der Waals surface area (Å²) < 4.78 is 1.79. The van der Waals surface area contributed by atoms with Crippen molar-refractivity contribution in [1.82, 2.24) is 9.55 Å². The largest absolute Gasteiger partial charge is 0.312 e. The van der Waals surface area contributed by atoms with E-state index in [1.807, 2.05) is 55.6 Å². The van der Waals surface area contributed by atoms with Crippen LogP contribution in [-0.2, 0) is 24.0 Å². The minimum Gasteiger partial charge on any atom is -0.312 e. The van der Waals surface area contributed by atoms with Crippen LogP contribution in [0.25, 0.3) is 0 Å². The van der Waals surface area contributed by atoms with Gasteiger partial charge in [-0.1, -0.05) is 72.8 Å². The average Bonchev–Trinajstić information content (AvgIpc) is 2.75. The highest BCUT2D eigenvalue weighted by molar-refractivity contribution is 7.98. The van der Waals surface area contributed by atoms with Gasteiger partial charge in [0, 0.05) is 30.2 Å². The van der Waals surface area contributed by atoms with Crippen LogP contribution in [-0.4, -0.2) is 15.5 Å². The van der Waals surface area contributed by atoms with Crippen molar-refractivity contribution in [2.24, 2.45) is 7.05 Å². The van der Waals surface area contributed by atoms with Gasteiger partial charge in [0.2, 0.25) is 5.91 Å². The van der Waals surface area contributed by atoms with Gasteiger partial charge in [-0.05, 0) is 29.2 Å². The molecule has 1 aromatic heterocycles. The lowest BCUT2D eigenvalue weighted by atomic mass is 9.86. The van der Waals surface area contributed by atoms with Crippen LogP contribution in [0, 0.1) is 0 Å². The number of thioether (sulfide) groups is 1. The fourth-order valence-corrected chi connectivity index (χ4v) is 4.94. The molecular weight excluding hydrogens is 418 g/mol. The molecule has 1 N–H and O–H groups in total. The Kier molecular flexibility index (Phi) is 5.97. The number of aryl methyl sites for hydroxylation is 1. The number of anilines is 1. The molecule has 0 fully saturated rings. The van der Waals surface area contributed by atoms with E-state index < -0.39 is 0 Å². The van der Waals surface area contributed by atoms with Crippen molar-refractivity contribution >= 4 is 35.1 Å². The first-order valence-electron chi connectivity index (χ1n) is 9.83. The molecule has 0 aliphatic carbocycles. The van der Waals surface area contributed by atoms with Crippen molar-refractivity contribution in [1.29, 1.82) is 0 Å². The van der Waals surface area contributed by atoms with Gasteiger partial charge in [-0.15, -0.1) is 0 Å². The summed E-state index contributed by atoms with van der Waals surface area (Å²) in [5.74, 6) is 0.704. The molecule has 5 nitrogen and oxygen atoms in total. The number of hydrogen-bond acceptors (Lipinski definition) is 4. The first-order chi connectivity index (χ1) is 14.5. The molecular formula is C23H22ClN3O2S. The smallest absolute Gasteiger partial charge is 0.279 e. The van der Waals surface area contributed by atoms with E-state index >= 15 is 0 Å². The first kappa shape index (κ1) is 20.7. The first-order valence-corrected chi connectivity index (χ1v) is 11.2. The molecule has 154 valence electrons. The van der Waals surface area contributed by atoms with Crippen molar-refractivity contribution in [3.05, 3.63) is 86.2 Å². The number of nitrogens with zero attached hydrogens (tertiary/aromatic N) is 2. The van der Waals surface area contributed by atoms with E-state index in [4.69, 9.17) is 11.6 Å². The van der Waals surface area contributed by atoms with E-state index in [9.17, 15) is 9.59 Å². The van der Waals surface area contributed by atoms with Crippen LogP contribution in [0.1, 0.15) is 41.5 Å². The monoisotopic (exact) mass is 439 g/mol. The van der Waals surface area contributed by atoms with Crippen LogP contribution in [0.4, 0.5) is 5.82 Å². The predicted octanol–water partition coefficient (Wildman–Crippen LogP) is 4.76. The molecule has 0 spiro atoms. The Morgan fingerprint density at radius 1 is 1.17 bits per heavy atom. The average molecular weight is 440 g/mol. The lowest BCUT2D eigenvalue weighted by Gasteiger charge is -2.27. The quantitative estimate of drug-likeness (QED) is 0.459. The van der Waals surface area contributed by atoms with Crippen molar-refractivity contribution in [3.8, 4) is 0 Å². The Morgan fingerprint density at radius 3 is 2.60 bits per heavy atom. The Morgan fingerprint density at radius 2 is 1.90 bits per heavy atom. The molecule has 1 atom stereocenters. The van der Waals surface area contributed by atoms with Gasteiger partial charge in [-0.25, -0.2) is 0 Å². The number of hydrogen-bond donors (Lipinski definition) is 1. The number of benzene rings is 2. The molecule has 0 bridgehead atoms. The van der Waals surface area contributed by atoms with E-state index in [1.54, 1.807) is 4.57 Å². The second-order valence-corrected chi connectivity index (χ2v) is 8.65. The summed E-state index contributed by atoms with van der Waals surface area (Å²) >= 11 is 7.67. The van der Waals surface area contributed by atoms with E-state index in [1.165, 1.54) is 17.3 Å². The summed E-state index contributed by atoms with van der Waals surface area (Å²) in [7, 11) is 1.82. The van der Waals surface area contributed by atoms with E-state index in [2.05, 4.69) is 17.2 Å². The molecule has 30 heavy (non-hydrogen) atoms. The summed E-state index contributed by atoms with van der Waals surface area (Å²) in [5, 5.41) is 4.11. The highest BCUT2D eigenvalue weighted by atomic mass is 35.5. The van der Waals surface area contributed by atoms with Gasteiger partial charge in [0.1, 0.15) is 5.82 Å². The van der Waals surface area contributed by atoms with Gasteiger partial charge in [-0.2, -0.15) is 4.98 Å². The molecule has 1 amide bonds. The SMILES string of the molecule is CCc1ccc(C2CC(=O)Nc3c2c(=O)nc(SCc2ccccc2Cl)n3C)cc1. The zero-order chi connectivity index (χ0) is 21.3. The molecule has 0 saturated heterocycles. The van der Waals surface area contributed by atoms with Gasteiger partial charge in [0.15, 0.2) is 5.16 Å². The third-order valence-electron chi connectivity index (χ3n) is 5.41. The minimum absolute atomic E-state index is 0.102. The normalized spacial score (nSPS) is 15.6. The Labute approximate surface area is 184 Å². The maximum atomic E-state index is 13.0. The number of carbonyl (C=O) groups is 1. The van der Waals surface area contributed by atoms with Crippen LogP contribution in [0.2, 0.25) is 5.02 Å². The Balaban J connectivity index is 1.71. The number of halogens is 1. The second kappa shape index (κ2) is 8.66. The zero-order valence-electron chi connectivity index (χ0n) is 16.8. The number of carbonyl (C=O) groups excluding carboxylic acids is 1. The standard InChI is InChI=1S/C23H22ClN3O2S/c1-3-14-8-10-15(11-9-14)17-12-19(28)25-21-20(17)22(29)26-23(27(21)2)30-13-16-6-4-5-7-18(16)24/h4-11,17H,3,12-13H2,1-2H3,(H,25,28). The van der Waals surface area contributed by atoms with E-state index in [0.717, 1.165) is 17.5 Å². The summed E-state index contributed by atoms with van der Waals surface area (Å²) in [6.45, 7) is 2.10. The van der Waals surface area contributed by atoms with E-state index in [-0.39, 0.29) is 23.8 Å². The predicted molar refractivity (Wildman–Crippen MR) is 121 cm³/mol. The lowest BCUT2D eigenvalue weighted by molar-refractivity contribution is -0.116. The molecule has 3 aromatic rings. The molecule has 1 unspecified atom stereocenters. The second-order valence-electron chi connectivity index (χ2n) is 7.30. The van der Waals surface area contributed by atoms with Crippen LogP contribution in [0.3, 0.4) is 0 Å². The highest BCUT2D eigenvalue weighted by Gasteiger charge is 2.32. The van der Waals surface area contributed by atoms with Gasteiger partial charge >= 0.3 is 0 Å². The molecule has 1 aliphatic heterocycles. The van der Waals surface area contributed by atoms with Crippen molar-refractivity contribution < 1.29 is 4.79 Å². The molecule has 4 rings (SSSR count). The van der Waals surface area contributed by atoms with Gasteiger partial charge in [-0.3, -0.25) is 9.59 Å². The number of amides is 1. The van der Waals surface area contributed by atoms with E-state index in [0.29, 0.717) is 27.3 Å². The zero-order valence-corrected chi connectivity index (χ0v) is 18.4. The third-order valence-corrected chi connectivity index (χ3v) is 6.85. The maximum Gasteiger partial charge on any atom is 0.279 e. The van der Waals surface area contributed by atoms with Gasteiger partial charge in [0.25, 0.3) is 5.56 Å². The summed E-state index contributed by atoms with van der Waals surface area (Å²) in [4.78, 5) is 29.8. The molecule has 7 heteroatoms. The summed E-state index contributed by atoms with van der Waals surface area (Å²) in [5.41, 5.74) is 3.39. The maximum absolute atomic E-state index is 13.0. The van der Waals surface area contributed by atoms with Crippen molar-refractivity contribution in [2.45, 2.75) is 36.6 Å². The van der Waals surface area contributed by atoms with Crippen LogP contribution >= 0.6 is 23.4 Å². The number of fused-ring (bicyclic) bond motifs is 1. The van der Waals surface area contributed by atoms with Crippen LogP contribution in [0.15, 0.2) is 58.5 Å². The van der Waals surface area contributed by atoms with Gasteiger partial charge in [0.05, 0.1) is 5.56 Å². The number of rotatable bonds is 5. The fraction of sp³-hybridized carbons (Fsp3) is 0.261. The van der Waals surface area contributed by atoms with Gasteiger partial charge < -0.3 is 9.88 Å². The lowest BCUT2D eigenvalue weighted by Crippen LogP contribution is -2.33. The Hall–Kier alpha value is -2.57. The molecule has 1 aliphatic rings. The third kappa shape index (κ3) is 4.02. The van der Waals surface area contributed by atoms with Crippen LogP contribution < -0.4 is 10.9 Å². The topological polar surface area (TPSA) is 64.0 Å². The summed E-state index contributed by atoms with van der Waals surface area (Å²) in [6, 6.07) is 15.7. The van der Waals surface area contributed by atoms with Crippen molar-refractivity contribution in [2.75, 3.05) is 5.32 Å². The number of nitrogens with one attached hydrogen (secondary N) is 1. The van der Waals surface area contributed by atoms with Crippen LogP contribution in [0.5, 0.6) is 0 Å². The molecule has 0 radical (unpaired) electrons. The Bertz CT molecular complexity index is 1160. The van der Waals surface area contributed by atoms with Crippen molar-refractivity contribution in [3.63, 3.8) is 0 Å². The summed E-state index contributed by atoms with van der Waals surface area (Å²) in [6.07, 6.45) is 1.18. The fourth-order valence-electron chi connectivity index (χ4n) is 3.69.